The molecule has 2 N–H and O–H groups in total. The van der Waals surface area contributed by atoms with Gasteiger partial charge < -0.3 is 15.2 Å². The van der Waals surface area contributed by atoms with E-state index in [2.05, 4.69) is 5.32 Å². The molecule has 0 radical (unpaired) electrons. The Morgan fingerprint density at radius 3 is 2.52 bits per heavy atom. The van der Waals surface area contributed by atoms with Gasteiger partial charge in [0.2, 0.25) is 5.91 Å². The molecule has 3 unspecified atom stereocenters. The van der Waals surface area contributed by atoms with Crippen LogP contribution in [0.25, 0.3) is 0 Å². The summed E-state index contributed by atoms with van der Waals surface area (Å²) in [6.45, 7) is 1.77. The number of alkyl halides is 3. The second kappa shape index (κ2) is 7.45. The fourth-order valence-electron chi connectivity index (χ4n) is 2.66. The van der Waals surface area contributed by atoms with Crippen molar-refractivity contribution in [2.24, 2.45) is 11.8 Å². The van der Waals surface area contributed by atoms with Crippen molar-refractivity contribution in [2.45, 2.75) is 50.8 Å². The molecule has 0 aromatic carbocycles. The van der Waals surface area contributed by atoms with Gasteiger partial charge in [-0.25, -0.2) is 0 Å². The van der Waals surface area contributed by atoms with Crippen molar-refractivity contribution in [3.63, 3.8) is 0 Å². The van der Waals surface area contributed by atoms with E-state index in [-0.39, 0.29) is 19.4 Å². The summed E-state index contributed by atoms with van der Waals surface area (Å²) < 4.78 is 43.7. The number of hydrogen-bond acceptors (Lipinski definition) is 3. The van der Waals surface area contributed by atoms with Gasteiger partial charge in [-0.3, -0.25) is 4.79 Å². The van der Waals surface area contributed by atoms with Gasteiger partial charge in [-0.15, -0.1) is 0 Å². The maximum absolute atomic E-state index is 12.9. The minimum Gasteiger partial charge on any atom is -0.388 e. The Balaban J connectivity index is 2.56. The lowest BCUT2D eigenvalue weighted by molar-refractivity contribution is -0.198. The second-order valence-electron chi connectivity index (χ2n) is 6.00. The number of hydrogen-bond donors (Lipinski definition) is 2. The van der Waals surface area contributed by atoms with Crippen molar-refractivity contribution in [1.29, 1.82) is 0 Å². The summed E-state index contributed by atoms with van der Waals surface area (Å²) in [6, 6.07) is 0. The fraction of sp³-hybridized carbons (Fsp3) is 0.929. The molecule has 3 atom stereocenters. The van der Waals surface area contributed by atoms with Crippen LogP contribution in [-0.2, 0) is 9.53 Å². The summed E-state index contributed by atoms with van der Waals surface area (Å²) in [5, 5.41) is 12.5. The molecule has 1 saturated carbocycles. The summed E-state index contributed by atoms with van der Waals surface area (Å²) in [5.74, 6) is -3.23. The summed E-state index contributed by atoms with van der Waals surface area (Å²) in [6.07, 6.45) is -2.67. The van der Waals surface area contributed by atoms with Crippen LogP contribution >= 0.6 is 0 Å². The molecule has 0 spiro atoms. The number of amides is 1. The Morgan fingerprint density at radius 2 is 1.95 bits per heavy atom. The zero-order chi connectivity index (χ0) is 16.1. The molecule has 0 aromatic rings. The molecule has 0 bridgehead atoms. The molecule has 1 aliphatic carbocycles. The van der Waals surface area contributed by atoms with Gasteiger partial charge in [-0.1, -0.05) is 12.8 Å². The number of methoxy groups -OCH3 is 1. The SMILES string of the molecule is COCCC(C)(O)CNC(=O)C1CCCCC1C(F)(F)F. The topological polar surface area (TPSA) is 58.6 Å². The third-order valence-corrected chi connectivity index (χ3v) is 4.01. The lowest BCUT2D eigenvalue weighted by atomic mass is 9.78. The van der Waals surface area contributed by atoms with E-state index in [1.165, 1.54) is 14.0 Å². The van der Waals surface area contributed by atoms with Gasteiger partial charge >= 0.3 is 6.18 Å². The van der Waals surface area contributed by atoms with Crippen LogP contribution in [0.1, 0.15) is 39.0 Å². The number of ether oxygens (including phenoxy) is 1. The first-order valence-corrected chi connectivity index (χ1v) is 7.23. The maximum Gasteiger partial charge on any atom is 0.392 e. The van der Waals surface area contributed by atoms with E-state index in [4.69, 9.17) is 4.74 Å². The van der Waals surface area contributed by atoms with Gasteiger partial charge in [0.1, 0.15) is 0 Å². The Bertz CT molecular complexity index is 345. The van der Waals surface area contributed by atoms with E-state index in [0.717, 1.165) is 0 Å². The molecule has 1 amide bonds. The standard InChI is InChI=1S/C14H24F3NO3/c1-13(20,7-8-21-2)9-18-12(19)10-5-3-4-6-11(10)14(15,16)17/h10-11,20H,3-9H2,1-2H3,(H,18,19). The Hall–Kier alpha value is -0.820. The number of carbonyl (C=O) groups is 1. The highest BCUT2D eigenvalue weighted by Crippen LogP contribution is 2.41. The molecule has 124 valence electrons. The van der Waals surface area contributed by atoms with Crippen LogP contribution in [0.3, 0.4) is 0 Å². The number of rotatable bonds is 6. The molecular weight excluding hydrogens is 287 g/mol. The molecule has 7 heteroatoms. The highest BCUT2D eigenvalue weighted by molar-refractivity contribution is 5.79. The van der Waals surface area contributed by atoms with Crippen molar-refractivity contribution in [3.05, 3.63) is 0 Å². The first-order chi connectivity index (χ1) is 9.67. The van der Waals surface area contributed by atoms with Crippen LogP contribution in [0.5, 0.6) is 0 Å². The predicted octanol–water partition coefficient (Wildman–Crippen LogP) is 2.26. The molecule has 1 rings (SSSR count). The van der Waals surface area contributed by atoms with E-state index in [1.54, 1.807) is 0 Å². The summed E-state index contributed by atoms with van der Waals surface area (Å²) >= 11 is 0. The highest BCUT2D eigenvalue weighted by Gasteiger charge is 2.48. The third kappa shape index (κ3) is 5.82. The smallest absolute Gasteiger partial charge is 0.388 e. The number of carbonyl (C=O) groups excluding carboxylic acids is 1. The Morgan fingerprint density at radius 1 is 1.33 bits per heavy atom. The number of halogens is 3. The van der Waals surface area contributed by atoms with Gasteiger partial charge in [-0.2, -0.15) is 13.2 Å². The average molecular weight is 311 g/mol. The number of nitrogens with one attached hydrogen (secondary N) is 1. The Labute approximate surface area is 123 Å². The van der Waals surface area contributed by atoms with Crippen molar-refractivity contribution in [3.8, 4) is 0 Å². The highest BCUT2D eigenvalue weighted by atomic mass is 19.4. The first kappa shape index (κ1) is 18.2. The van der Waals surface area contributed by atoms with Gasteiger partial charge in [0.05, 0.1) is 11.5 Å². The van der Waals surface area contributed by atoms with Crippen LogP contribution < -0.4 is 5.32 Å². The largest absolute Gasteiger partial charge is 0.392 e. The van der Waals surface area contributed by atoms with Gasteiger partial charge in [-0.05, 0) is 19.8 Å². The Kier molecular flexibility index (Phi) is 6.46. The summed E-state index contributed by atoms with van der Waals surface area (Å²) in [5.41, 5.74) is -1.19. The summed E-state index contributed by atoms with van der Waals surface area (Å²) in [7, 11) is 1.49. The third-order valence-electron chi connectivity index (χ3n) is 4.01. The van der Waals surface area contributed by atoms with E-state index in [1.807, 2.05) is 0 Å². The summed E-state index contributed by atoms with van der Waals surface area (Å²) in [4.78, 5) is 12.0. The van der Waals surface area contributed by atoms with Crippen LogP contribution in [0, 0.1) is 11.8 Å². The van der Waals surface area contributed by atoms with Crippen molar-refractivity contribution < 1.29 is 27.8 Å². The molecule has 1 fully saturated rings. The molecule has 0 aliphatic heterocycles. The molecule has 21 heavy (non-hydrogen) atoms. The fourth-order valence-corrected chi connectivity index (χ4v) is 2.66. The van der Waals surface area contributed by atoms with Gasteiger partial charge in [0, 0.05) is 32.6 Å². The normalized spacial score (nSPS) is 26.2. The molecule has 0 heterocycles. The molecule has 1 aliphatic rings. The van der Waals surface area contributed by atoms with Gasteiger partial charge in [0.25, 0.3) is 0 Å². The predicted molar refractivity (Wildman–Crippen MR) is 71.6 cm³/mol. The quantitative estimate of drug-likeness (QED) is 0.791. The van der Waals surface area contributed by atoms with E-state index < -0.39 is 29.5 Å². The maximum atomic E-state index is 12.9. The van der Waals surface area contributed by atoms with Crippen LogP contribution in [0.2, 0.25) is 0 Å². The van der Waals surface area contributed by atoms with Crippen LogP contribution in [0.4, 0.5) is 13.2 Å². The zero-order valence-corrected chi connectivity index (χ0v) is 12.5. The van der Waals surface area contributed by atoms with Crippen LogP contribution in [-0.4, -0.2) is 43.1 Å². The van der Waals surface area contributed by atoms with Crippen molar-refractivity contribution in [2.75, 3.05) is 20.3 Å². The van der Waals surface area contributed by atoms with E-state index >= 15 is 0 Å². The van der Waals surface area contributed by atoms with E-state index in [9.17, 15) is 23.1 Å². The second-order valence-corrected chi connectivity index (χ2v) is 6.00. The average Bonchev–Trinajstić information content (AvgIpc) is 2.42. The zero-order valence-electron chi connectivity index (χ0n) is 12.5. The van der Waals surface area contributed by atoms with Crippen molar-refractivity contribution in [1.82, 2.24) is 5.32 Å². The van der Waals surface area contributed by atoms with Crippen LogP contribution in [0.15, 0.2) is 0 Å². The minimum atomic E-state index is -4.35. The van der Waals surface area contributed by atoms with E-state index in [0.29, 0.717) is 25.9 Å². The molecule has 0 aromatic heterocycles. The molecular formula is C14H24F3NO3. The lowest BCUT2D eigenvalue weighted by Gasteiger charge is -2.33. The number of aliphatic hydroxyl groups is 1. The minimum absolute atomic E-state index is 0.00164. The molecule has 4 nitrogen and oxygen atoms in total. The molecule has 0 saturated heterocycles. The first-order valence-electron chi connectivity index (χ1n) is 7.23. The monoisotopic (exact) mass is 311 g/mol. The van der Waals surface area contributed by atoms with Crippen molar-refractivity contribution >= 4 is 5.91 Å². The lowest BCUT2D eigenvalue weighted by Crippen LogP contribution is -2.47. The van der Waals surface area contributed by atoms with Gasteiger partial charge in [0.15, 0.2) is 0 Å².